The fraction of sp³-hybridized carbons (Fsp3) is 0.696. The van der Waals surface area contributed by atoms with Crippen molar-refractivity contribution in [1.82, 2.24) is 15.2 Å². The first-order valence-corrected chi connectivity index (χ1v) is 11.1. The fourth-order valence-electron chi connectivity index (χ4n) is 6.90. The SMILES string of the molecule is COc1ccc(CNC(=O)C2CCCN2C(=O)C23CC4CC(CC(C4)C2)C3)cn1. The zero-order valence-corrected chi connectivity index (χ0v) is 17.2. The van der Waals surface area contributed by atoms with Gasteiger partial charge in [0.1, 0.15) is 6.04 Å². The van der Waals surface area contributed by atoms with Crippen molar-refractivity contribution in [2.24, 2.45) is 23.2 Å². The molecule has 29 heavy (non-hydrogen) atoms. The molecule has 4 aliphatic carbocycles. The van der Waals surface area contributed by atoms with Gasteiger partial charge in [0, 0.05) is 25.4 Å². The zero-order chi connectivity index (χ0) is 20.0. The predicted octanol–water partition coefficient (Wildman–Crippen LogP) is 2.91. The smallest absolute Gasteiger partial charge is 0.243 e. The van der Waals surface area contributed by atoms with E-state index in [4.69, 9.17) is 4.74 Å². The highest BCUT2D eigenvalue weighted by Gasteiger charge is 2.56. The van der Waals surface area contributed by atoms with Crippen LogP contribution in [0.2, 0.25) is 0 Å². The average molecular weight is 398 g/mol. The van der Waals surface area contributed by atoms with Gasteiger partial charge in [-0.1, -0.05) is 6.07 Å². The van der Waals surface area contributed by atoms with Crippen molar-refractivity contribution < 1.29 is 14.3 Å². The molecule has 4 saturated carbocycles. The molecule has 1 saturated heterocycles. The molecule has 1 aromatic heterocycles. The van der Waals surface area contributed by atoms with E-state index in [9.17, 15) is 9.59 Å². The van der Waals surface area contributed by atoms with Crippen molar-refractivity contribution >= 4 is 11.8 Å². The highest BCUT2D eigenvalue weighted by molar-refractivity contribution is 5.91. The molecule has 6 heteroatoms. The van der Waals surface area contributed by atoms with Crippen LogP contribution in [0.3, 0.4) is 0 Å². The Labute approximate surface area is 172 Å². The van der Waals surface area contributed by atoms with Gasteiger partial charge in [0.25, 0.3) is 0 Å². The van der Waals surface area contributed by atoms with Crippen molar-refractivity contribution in [1.29, 1.82) is 0 Å². The molecular formula is C23H31N3O3. The summed E-state index contributed by atoms with van der Waals surface area (Å²) in [4.78, 5) is 32.7. The van der Waals surface area contributed by atoms with Crippen LogP contribution >= 0.6 is 0 Å². The van der Waals surface area contributed by atoms with E-state index >= 15 is 0 Å². The molecule has 5 aliphatic rings. The summed E-state index contributed by atoms with van der Waals surface area (Å²) in [6.07, 6.45) is 10.5. The largest absolute Gasteiger partial charge is 0.481 e. The van der Waals surface area contributed by atoms with E-state index in [1.807, 2.05) is 11.0 Å². The molecule has 4 bridgehead atoms. The van der Waals surface area contributed by atoms with Crippen LogP contribution in [0.1, 0.15) is 56.9 Å². The second-order valence-electron chi connectivity index (χ2n) is 9.78. The Hall–Kier alpha value is -2.11. The van der Waals surface area contributed by atoms with Crippen LogP contribution in [0.4, 0.5) is 0 Å². The molecule has 0 spiro atoms. The molecule has 156 valence electrons. The van der Waals surface area contributed by atoms with Gasteiger partial charge in [-0.15, -0.1) is 0 Å². The van der Waals surface area contributed by atoms with Crippen LogP contribution in [0.25, 0.3) is 0 Å². The third-order valence-corrected chi connectivity index (χ3v) is 7.78. The van der Waals surface area contributed by atoms with Gasteiger partial charge in [-0.25, -0.2) is 4.98 Å². The van der Waals surface area contributed by atoms with Crippen molar-refractivity contribution in [2.45, 2.75) is 64.0 Å². The Balaban J connectivity index is 1.25. The maximum Gasteiger partial charge on any atom is 0.243 e. The van der Waals surface area contributed by atoms with Gasteiger partial charge in [0.05, 0.1) is 12.5 Å². The zero-order valence-electron chi connectivity index (χ0n) is 17.2. The quantitative estimate of drug-likeness (QED) is 0.829. The summed E-state index contributed by atoms with van der Waals surface area (Å²) in [5, 5.41) is 3.02. The molecule has 1 aliphatic heterocycles. The number of carbonyl (C=O) groups excluding carboxylic acids is 2. The number of amides is 2. The number of hydrogen-bond donors (Lipinski definition) is 1. The molecule has 5 fully saturated rings. The number of hydrogen-bond acceptors (Lipinski definition) is 4. The molecule has 1 unspecified atom stereocenters. The van der Waals surface area contributed by atoms with Crippen molar-refractivity contribution in [3.05, 3.63) is 23.9 Å². The minimum atomic E-state index is -0.318. The summed E-state index contributed by atoms with van der Waals surface area (Å²) in [7, 11) is 1.58. The first kappa shape index (κ1) is 18.9. The molecule has 0 radical (unpaired) electrons. The Morgan fingerprint density at radius 2 is 1.86 bits per heavy atom. The lowest BCUT2D eigenvalue weighted by molar-refractivity contribution is -0.160. The van der Waals surface area contributed by atoms with Crippen molar-refractivity contribution in [3.8, 4) is 5.88 Å². The van der Waals surface area contributed by atoms with Gasteiger partial charge < -0.3 is 15.0 Å². The van der Waals surface area contributed by atoms with E-state index in [0.717, 1.165) is 62.0 Å². The summed E-state index contributed by atoms with van der Waals surface area (Å²) >= 11 is 0. The van der Waals surface area contributed by atoms with E-state index < -0.39 is 0 Å². The fourth-order valence-corrected chi connectivity index (χ4v) is 6.90. The third kappa shape index (κ3) is 3.40. The standard InChI is InChI=1S/C23H31N3O3/c1-29-20-5-4-15(13-24-20)14-25-21(27)19-3-2-6-26(19)22(28)23-10-16-7-17(11-23)9-18(8-16)12-23/h4-5,13,16-19H,2-3,6-12,14H2,1H3,(H,25,27). The lowest BCUT2D eigenvalue weighted by Gasteiger charge is -2.56. The van der Waals surface area contributed by atoms with E-state index in [-0.39, 0.29) is 23.3 Å². The number of methoxy groups -OCH3 is 1. The van der Waals surface area contributed by atoms with Gasteiger partial charge >= 0.3 is 0 Å². The topological polar surface area (TPSA) is 71.5 Å². The molecular weight excluding hydrogens is 366 g/mol. The summed E-state index contributed by atoms with van der Waals surface area (Å²) in [6, 6.07) is 3.38. The van der Waals surface area contributed by atoms with Gasteiger partial charge in [-0.3, -0.25) is 9.59 Å². The van der Waals surface area contributed by atoms with Crippen LogP contribution in [-0.2, 0) is 16.1 Å². The second-order valence-corrected chi connectivity index (χ2v) is 9.78. The number of likely N-dealkylation sites (tertiary alicyclic amines) is 1. The first-order valence-electron chi connectivity index (χ1n) is 11.1. The number of carbonyl (C=O) groups is 2. The number of nitrogens with one attached hydrogen (secondary N) is 1. The summed E-state index contributed by atoms with van der Waals surface area (Å²) < 4.78 is 5.07. The number of rotatable bonds is 5. The predicted molar refractivity (Wildman–Crippen MR) is 108 cm³/mol. The maximum absolute atomic E-state index is 13.7. The number of nitrogens with zero attached hydrogens (tertiary/aromatic N) is 2. The second kappa shape index (κ2) is 7.29. The third-order valence-electron chi connectivity index (χ3n) is 7.78. The molecule has 6 nitrogen and oxygen atoms in total. The Bertz CT molecular complexity index is 756. The molecule has 0 aromatic carbocycles. The molecule has 2 heterocycles. The van der Waals surface area contributed by atoms with Crippen LogP contribution in [0.15, 0.2) is 18.3 Å². The number of aromatic nitrogens is 1. The summed E-state index contributed by atoms with van der Waals surface area (Å²) in [5.74, 6) is 3.02. The van der Waals surface area contributed by atoms with Gasteiger partial charge in [-0.05, 0) is 74.7 Å². The van der Waals surface area contributed by atoms with Crippen molar-refractivity contribution in [3.63, 3.8) is 0 Å². The van der Waals surface area contributed by atoms with Crippen LogP contribution in [0, 0.1) is 23.2 Å². The van der Waals surface area contributed by atoms with Gasteiger partial charge in [0.15, 0.2) is 0 Å². The lowest BCUT2D eigenvalue weighted by atomic mass is 9.49. The number of pyridine rings is 1. The minimum Gasteiger partial charge on any atom is -0.481 e. The average Bonchev–Trinajstić information content (AvgIpc) is 3.20. The van der Waals surface area contributed by atoms with E-state index in [2.05, 4.69) is 10.3 Å². The van der Waals surface area contributed by atoms with Crippen LogP contribution < -0.4 is 10.1 Å². The minimum absolute atomic E-state index is 0.0311. The molecule has 1 atom stereocenters. The Morgan fingerprint density at radius 3 is 2.45 bits per heavy atom. The lowest BCUT2D eigenvalue weighted by Crippen LogP contribution is -2.57. The van der Waals surface area contributed by atoms with Crippen LogP contribution in [0.5, 0.6) is 5.88 Å². The van der Waals surface area contributed by atoms with Gasteiger partial charge in [-0.2, -0.15) is 0 Å². The number of ether oxygens (including phenoxy) is 1. The first-order chi connectivity index (χ1) is 14.1. The highest BCUT2D eigenvalue weighted by Crippen LogP contribution is 2.60. The molecule has 1 aromatic rings. The summed E-state index contributed by atoms with van der Waals surface area (Å²) in [5.41, 5.74) is 0.758. The molecule has 2 amide bonds. The van der Waals surface area contributed by atoms with Crippen LogP contribution in [-0.4, -0.2) is 41.4 Å². The maximum atomic E-state index is 13.7. The monoisotopic (exact) mass is 397 g/mol. The van der Waals surface area contributed by atoms with Crippen molar-refractivity contribution in [2.75, 3.05) is 13.7 Å². The molecule has 1 N–H and O–H groups in total. The highest BCUT2D eigenvalue weighted by atomic mass is 16.5. The summed E-state index contributed by atoms with van der Waals surface area (Å²) in [6.45, 7) is 1.15. The van der Waals surface area contributed by atoms with E-state index in [1.165, 1.54) is 19.3 Å². The van der Waals surface area contributed by atoms with E-state index in [0.29, 0.717) is 12.4 Å². The normalized spacial score (nSPS) is 35.0. The Kier molecular flexibility index (Phi) is 4.75. The van der Waals surface area contributed by atoms with Gasteiger partial charge in [0.2, 0.25) is 17.7 Å². The molecule has 6 rings (SSSR count). The van der Waals surface area contributed by atoms with E-state index in [1.54, 1.807) is 19.4 Å². The Morgan fingerprint density at radius 1 is 1.17 bits per heavy atom.